The quantitative estimate of drug-likeness (QED) is 0.555. The highest BCUT2D eigenvalue weighted by Gasteiger charge is 2.38. The van der Waals surface area contributed by atoms with E-state index >= 15 is 0 Å². The third kappa shape index (κ3) is 10.9. The first-order valence-electron chi connectivity index (χ1n) is 8.67. The summed E-state index contributed by atoms with van der Waals surface area (Å²) in [5, 5.41) is 23.1. The average Bonchev–Trinajstić information content (AvgIpc) is 2.64. The maximum absolute atomic E-state index is 11.8. The van der Waals surface area contributed by atoms with Gasteiger partial charge in [-0.05, 0) is 31.3 Å². The van der Waals surface area contributed by atoms with Crippen LogP contribution in [0.1, 0.15) is 0 Å². The van der Waals surface area contributed by atoms with Crippen LogP contribution in [0, 0.1) is 0 Å². The molecule has 1 saturated heterocycles. The number of amides is 2. The lowest BCUT2D eigenvalue weighted by Gasteiger charge is -2.33. The molecule has 0 spiro atoms. The summed E-state index contributed by atoms with van der Waals surface area (Å²) in [6.45, 7) is 4.73. The number of carbonyl (C=O) groups excluding carboxylic acids is 1. The van der Waals surface area contributed by atoms with E-state index in [4.69, 9.17) is 21.5 Å². The van der Waals surface area contributed by atoms with Crippen LogP contribution in [-0.2, 0) is 4.79 Å². The number of halogens is 4. The number of aliphatic hydroxyl groups is 1. The molecule has 0 aliphatic carbocycles. The smallest absolute Gasteiger partial charge is 0.475 e. The summed E-state index contributed by atoms with van der Waals surface area (Å²) in [5.74, 6) is -2.76. The summed E-state index contributed by atoms with van der Waals surface area (Å²) in [7, 11) is 2.09. The number of carbonyl (C=O) groups is 2. The molecule has 1 unspecified atom stereocenters. The number of anilines is 1. The molecule has 29 heavy (non-hydrogen) atoms. The van der Waals surface area contributed by atoms with Crippen LogP contribution in [0.2, 0.25) is 5.02 Å². The Morgan fingerprint density at radius 2 is 1.69 bits per heavy atom. The van der Waals surface area contributed by atoms with Crippen molar-refractivity contribution in [2.45, 2.75) is 12.3 Å². The normalized spacial score (nSPS) is 16.3. The fourth-order valence-electron chi connectivity index (χ4n) is 2.31. The summed E-state index contributed by atoms with van der Waals surface area (Å²) in [4.78, 5) is 25.1. The fourth-order valence-corrected chi connectivity index (χ4v) is 2.44. The third-order valence-corrected chi connectivity index (χ3v) is 4.16. The summed E-state index contributed by atoms with van der Waals surface area (Å²) in [6, 6.07) is 6.53. The minimum atomic E-state index is -5.08. The fraction of sp³-hybridized carbons (Fsp3) is 0.529. The van der Waals surface area contributed by atoms with Crippen LogP contribution in [0.5, 0.6) is 0 Å². The summed E-state index contributed by atoms with van der Waals surface area (Å²) in [6.07, 6.45) is -5.65. The lowest BCUT2D eigenvalue weighted by atomic mass is 10.2. The first-order chi connectivity index (χ1) is 13.5. The zero-order chi connectivity index (χ0) is 22.0. The highest BCUT2D eigenvalue weighted by molar-refractivity contribution is 6.30. The van der Waals surface area contributed by atoms with E-state index in [0.29, 0.717) is 17.3 Å². The number of β-amino-alcohol motifs (C(OH)–C–C–N with tert-alkyl or cyclic N) is 1. The van der Waals surface area contributed by atoms with Crippen molar-refractivity contribution in [1.29, 1.82) is 0 Å². The first-order valence-corrected chi connectivity index (χ1v) is 9.04. The van der Waals surface area contributed by atoms with Crippen LogP contribution in [0.15, 0.2) is 24.3 Å². The molecule has 4 N–H and O–H groups in total. The standard InChI is InChI=1S/C15H23ClN4O2.C2HF3O2/c1-19-6-8-20(9-7-19)11-14(21)10-17-15(22)18-13-4-2-12(16)3-5-13;3-2(4,5)1(6)7/h2-5,14,21H,6-11H2,1H3,(H2,17,18,22);(H,6,7). The van der Waals surface area contributed by atoms with Crippen LogP contribution in [0.4, 0.5) is 23.7 Å². The molecule has 1 fully saturated rings. The van der Waals surface area contributed by atoms with Gasteiger partial charge in [0.2, 0.25) is 0 Å². The highest BCUT2D eigenvalue weighted by Crippen LogP contribution is 2.13. The van der Waals surface area contributed by atoms with Crippen molar-refractivity contribution in [3.63, 3.8) is 0 Å². The average molecular weight is 441 g/mol. The first kappa shape index (κ1) is 25.0. The van der Waals surface area contributed by atoms with E-state index in [0.717, 1.165) is 26.2 Å². The van der Waals surface area contributed by atoms with Gasteiger partial charge in [0.1, 0.15) is 0 Å². The van der Waals surface area contributed by atoms with Gasteiger partial charge in [0.05, 0.1) is 6.10 Å². The van der Waals surface area contributed by atoms with Crippen molar-refractivity contribution >= 4 is 29.3 Å². The monoisotopic (exact) mass is 440 g/mol. The number of aliphatic hydroxyl groups excluding tert-OH is 1. The molecule has 2 amide bonds. The summed E-state index contributed by atoms with van der Waals surface area (Å²) >= 11 is 5.78. The molecule has 0 aromatic heterocycles. The van der Waals surface area contributed by atoms with E-state index in [-0.39, 0.29) is 12.6 Å². The number of carboxylic acids is 1. The SMILES string of the molecule is CN1CCN(CC(O)CNC(=O)Nc2ccc(Cl)cc2)CC1.O=C(O)C(F)(F)F. The Kier molecular flexibility index (Phi) is 10.2. The van der Waals surface area contributed by atoms with E-state index in [9.17, 15) is 23.1 Å². The molecule has 0 bridgehead atoms. The number of nitrogens with one attached hydrogen (secondary N) is 2. The number of hydrogen-bond acceptors (Lipinski definition) is 5. The largest absolute Gasteiger partial charge is 0.490 e. The molecular weight excluding hydrogens is 417 g/mol. The zero-order valence-corrected chi connectivity index (χ0v) is 16.5. The Bertz CT molecular complexity index is 653. The van der Waals surface area contributed by atoms with Crippen LogP contribution < -0.4 is 10.6 Å². The predicted octanol–water partition coefficient (Wildman–Crippen LogP) is 1.70. The van der Waals surface area contributed by atoms with E-state index in [2.05, 4.69) is 27.5 Å². The molecule has 164 valence electrons. The molecule has 1 aromatic rings. The number of nitrogens with zero attached hydrogens (tertiary/aromatic N) is 2. The van der Waals surface area contributed by atoms with Gasteiger partial charge in [0.15, 0.2) is 0 Å². The van der Waals surface area contributed by atoms with Gasteiger partial charge < -0.3 is 25.7 Å². The number of hydrogen-bond donors (Lipinski definition) is 4. The highest BCUT2D eigenvalue weighted by atomic mass is 35.5. The van der Waals surface area contributed by atoms with Gasteiger partial charge in [-0.1, -0.05) is 11.6 Å². The topological polar surface area (TPSA) is 105 Å². The third-order valence-electron chi connectivity index (χ3n) is 3.91. The molecule has 2 rings (SSSR count). The van der Waals surface area contributed by atoms with Gasteiger partial charge in [-0.3, -0.25) is 4.90 Å². The Morgan fingerprint density at radius 1 is 1.17 bits per heavy atom. The van der Waals surface area contributed by atoms with Crippen LogP contribution in [-0.4, -0.2) is 90.6 Å². The number of urea groups is 1. The second kappa shape index (κ2) is 11.8. The molecule has 0 saturated carbocycles. The Labute approximate surface area is 171 Å². The Hall–Kier alpha value is -2.08. The molecule has 8 nitrogen and oxygen atoms in total. The molecule has 1 atom stereocenters. The van der Waals surface area contributed by atoms with Gasteiger partial charge in [0, 0.05) is 50.0 Å². The summed E-state index contributed by atoms with van der Waals surface area (Å²) in [5.41, 5.74) is 0.662. The maximum Gasteiger partial charge on any atom is 0.490 e. The second-order valence-electron chi connectivity index (χ2n) is 6.40. The maximum atomic E-state index is 11.8. The second-order valence-corrected chi connectivity index (χ2v) is 6.84. The Balaban J connectivity index is 0.000000516. The van der Waals surface area contributed by atoms with Crippen molar-refractivity contribution < 1.29 is 33.0 Å². The van der Waals surface area contributed by atoms with Gasteiger partial charge >= 0.3 is 18.2 Å². The van der Waals surface area contributed by atoms with Gasteiger partial charge in [-0.25, -0.2) is 9.59 Å². The van der Waals surface area contributed by atoms with Gasteiger partial charge in [-0.15, -0.1) is 0 Å². The van der Waals surface area contributed by atoms with Crippen LogP contribution in [0.3, 0.4) is 0 Å². The molecule has 12 heteroatoms. The molecule has 1 heterocycles. The van der Waals surface area contributed by atoms with E-state index in [1.54, 1.807) is 24.3 Å². The molecule has 1 aliphatic rings. The van der Waals surface area contributed by atoms with Crippen molar-refractivity contribution in [2.75, 3.05) is 51.6 Å². The van der Waals surface area contributed by atoms with Crippen molar-refractivity contribution in [3.05, 3.63) is 29.3 Å². The minimum Gasteiger partial charge on any atom is -0.475 e. The predicted molar refractivity (Wildman–Crippen MR) is 102 cm³/mol. The van der Waals surface area contributed by atoms with Gasteiger partial charge in [0.25, 0.3) is 0 Å². The number of likely N-dealkylation sites (N-methyl/N-ethyl adjacent to an activating group) is 1. The minimum absolute atomic E-state index is 0.228. The van der Waals surface area contributed by atoms with Crippen molar-refractivity contribution in [1.82, 2.24) is 15.1 Å². The Morgan fingerprint density at radius 3 is 2.17 bits per heavy atom. The van der Waals surface area contributed by atoms with Crippen LogP contribution >= 0.6 is 11.6 Å². The van der Waals surface area contributed by atoms with E-state index < -0.39 is 18.2 Å². The summed E-state index contributed by atoms with van der Waals surface area (Å²) < 4.78 is 31.7. The number of benzene rings is 1. The molecular formula is C17H24ClF3N4O4. The lowest BCUT2D eigenvalue weighted by molar-refractivity contribution is -0.192. The van der Waals surface area contributed by atoms with Crippen molar-refractivity contribution in [3.8, 4) is 0 Å². The van der Waals surface area contributed by atoms with E-state index in [1.165, 1.54) is 0 Å². The number of piperazine rings is 1. The van der Waals surface area contributed by atoms with Crippen LogP contribution in [0.25, 0.3) is 0 Å². The van der Waals surface area contributed by atoms with E-state index in [1.807, 2.05) is 0 Å². The lowest BCUT2D eigenvalue weighted by Crippen LogP contribution is -2.49. The number of aliphatic carboxylic acids is 1. The zero-order valence-electron chi connectivity index (χ0n) is 15.7. The molecule has 0 radical (unpaired) electrons. The molecule has 1 aromatic carbocycles. The molecule has 1 aliphatic heterocycles. The number of carboxylic acid groups (broad SMARTS) is 1. The number of rotatable bonds is 5. The van der Waals surface area contributed by atoms with Gasteiger partial charge in [-0.2, -0.15) is 13.2 Å². The number of alkyl halides is 3. The van der Waals surface area contributed by atoms with Crippen molar-refractivity contribution in [2.24, 2.45) is 0 Å².